The lowest BCUT2D eigenvalue weighted by molar-refractivity contribution is -0.138. The van der Waals surface area contributed by atoms with E-state index in [1.807, 2.05) is 42.5 Å². The molecule has 3 N–H and O–H groups in total. The number of hydrogen-bond donors (Lipinski definition) is 3. The van der Waals surface area contributed by atoms with Gasteiger partial charge in [0.2, 0.25) is 0 Å². The van der Waals surface area contributed by atoms with Crippen molar-refractivity contribution in [3.63, 3.8) is 0 Å². The van der Waals surface area contributed by atoms with Gasteiger partial charge < -0.3 is 20.2 Å². The van der Waals surface area contributed by atoms with Gasteiger partial charge in [-0.1, -0.05) is 59.7 Å². The van der Waals surface area contributed by atoms with E-state index >= 15 is 0 Å². The van der Waals surface area contributed by atoms with Crippen LogP contribution in [0.4, 0.5) is 17.4 Å². The highest BCUT2D eigenvalue weighted by atomic mass is 16.4. The molecule has 3 aromatic carbocycles. The molecule has 0 atom stereocenters. The number of aromatic nitrogens is 2. The maximum atomic E-state index is 12.7. The Morgan fingerprint density at radius 2 is 1.54 bits per heavy atom. The van der Waals surface area contributed by atoms with E-state index in [4.69, 9.17) is 9.52 Å². The summed E-state index contributed by atoms with van der Waals surface area (Å²) in [7, 11) is 0. The number of carboxylic acid groups (broad SMARTS) is 1. The van der Waals surface area contributed by atoms with Crippen molar-refractivity contribution in [1.82, 2.24) is 10.2 Å². The number of benzene rings is 3. The van der Waals surface area contributed by atoms with Gasteiger partial charge in [0.15, 0.2) is 5.78 Å². The summed E-state index contributed by atoms with van der Waals surface area (Å²) in [6, 6.07) is 23.6. The molecule has 1 fully saturated rings. The van der Waals surface area contributed by atoms with Crippen molar-refractivity contribution in [2.45, 2.75) is 38.0 Å². The largest absolute Gasteiger partial charge is 0.481 e. The minimum Gasteiger partial charge on any atom is -0.481 e. The van der Waals surface area contributed by atoms with Gasteiger partial charge in [-0.2, -0.15) is 0 Å². The molecule has 0 aliphatic heterocycles. The second-order valence-corrected chi connectivity index (χ2v) is 9.70. The Bertz CT molecular complexity index is 1460. The number of ketones is 1. The molecule has 1 aromatic heterocycles. The Kier molecular flexibility index (Phi) is 7.77. The van der Waals surface area contributed by atoms with Crippen molar-refractivity contribution >= 4 is 35.0 Å². The topological polar surface area (TPSA) is 134 Å². The second kappa shape index (κ2) is 11.7. The van der Waals surface area contributed by atoms with E-state index in [1.54, 1.807) is 36.4 Å². The minimum absolute atomic E-state index is 0.0262. The van der Waals surface area contributed by atoms with Gasteiger partial charge in [0, 0.05) is 28.9 Å². The van der Waals surface area contributed by atoms with Crippen LogP contribution in [0.5, 0.6) is 0 Å². The lowest BCUT2D eigenvalue weighted by atomic mass is 9.77. The number of carbonyl (C=O) groups excluding carboxylic acids is 2. The van der Waals surface area contributed by atoms with E-state index < -0.39 is 11.9 Å². The average Bonchev–Trinajstić information content (AvgIpc) is 3.42. The molecular weight excluding hydrogens is 496 g/mol. The predicted octanol–water partition coefficient (Wildman–Crippen LogP) is 6.05. The molecule has 39 heavy (non-hydrogen) atoms. The quantitative estimate of drug-likeness (QED) is 0.225. The summed E-state index contributed by atoms with van der Waals surface area (Å²) >= 11 is 0. The molecule has 0 saturated heterocycles. The van der Waals surface area contributed by atoms with Gasteiger partial charge in [-0.15, -0.1) is 5.10 Å². The number of aliphatic carboxylic acids is 1. The molecule has 1 aliphatic rings. The zero-order valence-electron chi connectivity index (χ0n) is 21.2. The van der Waals surface area contributed by atoms with Crippen LogP contribution in [-0.4, -0.2) is 33.0 Å². The van der Waals surface area contributed by atoms with Crippen molar-refractivity contribution in [3.8, 4) is 0 Å². The van der Waals surface area contributed by atoms with Crippen LogP contribution >= 0.6 is 0 Å². The Balaban J connectivity index is 1.16. The number of anilines is 3. The van der Waals surface area contributed by atoms with E-state index in [2.05, 4.69) is 20.8 Å². The van der Waals surface area contributed by atoms with Gasteiger partial charge in [-0.25, -0.2) is 0 Å². The predicted molar refractivity (Wildman–Crippen MR) is 145 cm³/mol. The fourth-order valence-corrected chi connectivity index (χ4v) is 4.95. The smallest absolute Gasteiger partial charge is 0.320 e. The molecule has 0 radical (unpaired) electrons. The van der Waals surface area contributed by atoms with Gasteiger partial charge in [0.1, 0.15) is 0 Å². The summed E-state index contributed by atoms with van der Waals surface area (Å²) in [6.45, 7) is 0. The number of carbonyl (C=O) groups is 3. The van der Waals surface area contributed by atoms with E-state index in [0.29, 0.717) is 28.4 Å². The van der Waals surface area contributed by atoms with Gasteiger partial charge in [0.25, 0.3) is 0 Å². The van der Waals surface area contributed by atoms with Crippen molar-refractivity contribution < 1.29 is 23.9 Å². The summed E-state index contributed by atoms with van der Waals surface area (Å²) < 4.78 is 5.49. The number of nitrogens with one attached hydrogen (secondary N) is 2. The molecular formula is C30H28N4O5. The zero-order chi connectivity index (χ0) is 27.2. The third kappa shape index (κ3) is 6.56. The van der Waals surface area contributed by atoms with Crippen LogP contribution in [0.25, 0.3) is 0 Å². The van der Waals surface area contributed by atoms with Crippen LogP contribution in [0.15, 0.2) is 83.3 Å². The minimum atomic E-state index is -0.729. The van der Waals surface area contributed by atoms with Crippen LogP contribution in [-0.2, 0) is 4.79 Å². The highest BCUT2D eigenvalue weighted by Crippen LogP contribution is 2.37. The first-order chi connectivity index (χ1) is 18.9. The molecule has 9 heteroatoms. The van der Waals surface area contributed by atoms with Crippen molar-refractivity contribution in [2.24, 2.45) is 5.92 Å². The van der Waals surface area contributed by atoms with Crippen molar-refractivity contribution in [3.05, 3.63) is 101 Å². The van der Waals surface area contributed by atoms with Gasteiger partial charge in [-0.05, 0) is 67.3 Å². The summed E-state index contributed by atoms with van der Waals surface area (Å²) in [5, 5.41) is 22.4. The molecule has 4 aromatic rings. The third-order valence-electron chi connectivity index (χ3n) is 6.98. The summed E-state index contributed by atoms with van der Waals surface area (Å²) in [5.41, 5.74) is 3.44. The van der Waals surface area contributed by atoms with Gasteiger partial charge >= 0.3 is 23.8 Å². The molecule has 9 nitrogen and oxygen atoms in total. The van der Waals surface area contributed by atoms with Crippen molar-refractivity contribution in [2.75, 3.05) is 10.6 Å². The monoisotopic (exact) mass is 524 g/mol. The van der Waals surface area contributed by atoms with Crippen LogP contribution in [0, 0.1) is 5.92 Å². The third-order valence-corrected chi connectivity index (χ3v) is 6.98. The number of carboxylic acids is 1. The van der Waals surface area contributed by atoms with E-state index in [9.17, 15) is 14.4 Å². The molecule has 1 aliphatic carbocycles. The number of hydrogen-bond acceptors (Lipinski definition) is 7. The van der Waals surface area contributed by atoms with E-state index in [0.717, 1.165) is 25.7 Å². The highest BCUT2D eigenvalue weighted by Gasteiger charge is 2.24. The van der Waals surface area contributed by atoms with Crippen LogP contribution in [0.2, 0.25) is 0 Å². The lowest BCUT2D eigenvalue weighted by Crippen LogP contribution is -2.16. The molecule has 0 spiro atoms. The van der Waals surface area contributed by atoms with E-state index in [1.165, 1.54) is 5.56 Å². The first kappa shape index (κ1) is 25.8. The molecule has 198 valence electrons. The molecule has 1 saturated carbocycles. The van der Waals surface area contributed by atoms with Crippen LogP contribution in [0.3, 0.4) is 0 Å². The van der Waals surface area contributed by atoms with E-state index in [-0.39, 0.29) is 30.0 Å². The van der Waals surface area contributed by atoms with Crippen LogP contribution in [0.1, 0.15) is 70.2 Å². The average molecular weight is 525 g/mol. The first-order valence-electron chi connectivity index (χ1n) is 12.9. The fraction of sp³-hybridized carbons (Fsp3) is 0.233. The van der Waals surface area contributed by atoms with Crippen LogP contribution < -0.4 is 10.6 Å². The first-order valence-corrected chi connectivity index (χ1v) is 12.9. The number of amides is 1. The highest BCUT2D eigenvalue weighted by molar-refractivity contribution is 6.09. The number of nitrogens with zero attached hydrogens (tertiary/aromatic N) is 2. The zero-order valence-corrected chi connectivity index (χ0v) is 21.2. The molecule has 1 heterocycles. The molecule has 0 bridgehead atoms. The summed E-state index contributed by atoms with van der Waals surface area (Å²) in [5.74, 6) is -0.924. The molecule has 5 rings (SSSR count). The SMILES string of the molecule is O=C(O)CC1CCC(c2ccc(NC(=O)c3nnc(Nc4cccc(C(=O)c5ccccc5)c4)o3)cc2)CC1. The Labute approximate surface area is 225 Å². The van der Waals surface area contributed by atoms with Gasteiger partial charge in [0.05, 0.1) is 0 Å². The normalized spacial score (nSPS) is 16.8. The lowest BCUT2D eigenvalue weighted by Gasteiger charge is -2.28. The molecule has 0 unspecified atom stereocenters. The summed E-state index contributed by atoms with van der Waals surface area (Å²) in [6.07, 6.45) is 3.99. The Hall–Kier alpha value is -4.79. The fourth-order valence-electron chi connectivity index (χ4n) is 4.95. The standard InChI is InChI=1S/C30H28N4O5/c35-26(36)17-19-9-11-20(12-10-19)21-13-15-24(16-14-21)31-28(38)29-33-34-30(39-29)32-25-8-4-7-23(18-25)27(37)22-5-2-1-3-6-22/h1-8,13-16,18-20H,9-12,17H2,(H,31,38)(H,32,34)(H,35,36). The maximum absolute atomic E-state index is 12.7. The van der Waals surface area contributed by atoms with Crippen molar-refractivity contribution in [1.29, 1.82) is 0 Å². The maximum Gasteiger partial charge on any atom is 0.320 e. The Morgan fingerprint density at radius 1 is 0.821 bits per heavy atom. The second-order valence-electron chi connectivity index (χ2n) is 9.70. The number of rotatable bonds is 9. The van der Waals surface area contributed by atoms with Gasteiger partial charge in [-0.3, -0.25) is 14.4 Å². The summed E-state index contributed by atoms with van der Waals surface area (Å²) in [4.78, 5) is 36.3. The molecule has 1 amide bonds. The Morgan fingerprint density at radius 3 is 2.26 bits per heavy atom.